The summed E-state index contributed by atoms with van der Waals surface area (Å²) in [4.78, 5) is 38.0. The lowest BCUT2D eigenvalue weighted by Gasteiger charge is -2.48. The summed E-state index contributed by atoms with van der Waals surface area (Å²) in [5, 5.41) is -1.12. The largest absolute Gasteiger partial charge is 0.415 e. The van der Waals surface area contributed by atoms with Crippen LogP contribution in [0.5, 0.6) is 0 Å². The standard InChI is InChI=1S/C36H52B14F4N4O2S/c1-33(45,46)57(34(2,47)48)11-10-56(12-17-22(37)24(39)19(25(40)23(17)38)20-26(41)28(43)21(36(52,53)54)29(44)27(20)42)31(60)35(49,50)58-18-5-3-4-16(18)30(59)55-32(58)61-13-14-6-8-15(51)9-7-14/h6-9H,3-5,10-13,37-50H2,1-2H3. The van der Waals surface area contributed by atoms with Gasteiger partial charge in [0, 0.05) is 42.2 Å². The molecule has 0 fully saturated rings. The van der Waals surface area contributed by atoms with E-state index in [1.807, 2.05) is 40.9 Å². The van der Waals surface area contributed by atoms with Crippen LogP contribution in [-0.2, 0) is 41.4 Å². The SMILES string of the molecule is Bc1c(B)c(-c2c(B)c(B)c(C(F)(F)F)c(B)c2B)c(B)c(B)c1CN(CCN(C(B)(B)C)C(B)(B)C)C(=O)C(B)(B)n1c(SCc2ccc(F)cc2)nc(=O)c2c1CCC2. The highest BCUT2D eigenvalue weighted by atomic mass is 32.2. The number of amides is 1. The number of alkyl halides is 3. The summed E-state index contributed by atoms with van der Waals surface area (Å²) >= 11 is 1.37. The predicted molar refractivity (Wildman–Crippen MR) is 287 cm³/mol. The first kappa shape index (κ1) is 49.0. The molecule has 25 heteroatoms. The Morgan fingerprint density at radius 1 is 0.754 bits per heavy atom. The molecule has 0 radical (unpaired) electrons. The quantitative estimate of drug-likeness (QED) is 0.0581. The first-order valence-corrected chi connectivity index (χ1v) is 22.4. The lowest BCUT2D eigenvalue weighted by Crippen LogP contribution is -2.62. The minimum absolute atomic E-state index is 0.114. The van der Waals surface area contributed by atoms with Gasteiger partial charge in [-0.1, -0.05) is 81.4 Å². The Labute approximate surface area is 376 Å². The third-order valence-electron chi connectivity index (χ3n) is 13.3. The summed E-state index contributed by atoms with van der Waals surface area (Å²) in [6, 6.07) is 6.26. The molecule has 0 spiro atoms. The summed E-state index contributed by atoms with van der Waals surface area (Å²) < 4.78 is 58.8. The fourth-order valence-corrected chi connectivity index (χ4v) is 11.0. The molecule has 304 valence electrons. The van der Waals surface area contributed by atoms with Crippen molar-refractivity contribution in [3.8, 4) is 11.1 Å². The molecule has 0 aliphatic heterocycles. The van der Waals surface area contributed by atoms with Crippen LogP contribution in [0.1, 0.15) is 48.2 Å². The van der Waals surface area contributed by atoms with Crippen molar-refractivity contribution < 1.29 is 22.4 Å². The Morgan fingerprint density at radius 3 is 1.72 bits per heavy atom. The van der Waals surface area contributed by atoms with Crippen molar-refractivity contribution in [1.82, 2.24) is 19.4 Å². The van der Waals surface area contributed by atoms with Crippen LogP contribution < -0.4 is 49.3 Å². The number of rotatable bonds is 13. The van der Waals surface area contributed by atoms with Gasteiger partial charge in [-0.25, -0.2) is 4.39 Å². The topological polar surface area (TPSA) is 58.4 Å². The number of benzene rings is 3. The van der Waals surface area contributed by atoms with Gasteiger partial charge in [-0.15, -0.1) is 0 Å². The summed E-state index contributed by atoms with van der Waals surface area (Å²) in [5.41, 5.74) is 9.95. The monoisotopic (exact) mass is 835 g/mol. The molecule has 0 saturated carbocycles. The van der Waals surface area contributed by atoms with Gasteiger partial charge >= 0.3 is 6.18 Å². The highest BCUT2D eigenvalue weighted by Gasteiger charge is 2.41. The smallest absolute Gasteiger partial charge is 0.336 e. The molecule has 0 N–H and O–H groups in total. The van der Waals surface area contributed by atoms with Crippen LogP contribution in [0.15, 0.2) is 34.2 Å². The molecular weight excluding hydrogens is 780 g/mol. The normalized spacial score (nSPS) is 13.4. The van der Waals surface area contributed by atoms with E-state index < -0.39 is 17.1 Å². The molecule has 1 amide bonds. The molecule has 0 unspecified atom stereocenters. The van der Waals surface area contributed by atoms with Crippen molar-refractivity contribution in [2.75, 3.05) is 13.1 Å². The van der Waals surface area contributed by atoms with E-state index in [2.05, 4.69) is 70.8 Å². The second-order valence-corrected chi connectivity index (χ2v) is 20.6. The van der Waals surface area contributed by atoms with Crippen LogP contribution >= 0.6 is 11.8 Å². The highest BCUT2D eigenvalue weighted by molar-refractivity contribution is 7.98. The molecule has 0 atom stereocenters. The Hall–Kier alpha value is -3.05. The van der Waals surface area contributed by atoms with E-state index in [1.54, 1.807) is 43.5 Å². The second kappa shape index (κ2) is 17.8. The van der Waals surface area contributed by atoms with Gasteiger partial charge in [0.25, 0.3) is 5.56 Å². The van der Waals surface area contributed by atoms with Crippen molar-refractivity contribution in [3.05, 3.63) is 68.4 Å². The van der Waals surface area contributed by atoms with Gasteiger partial charge in [0.15, 0.2) is 5.16 Å². The van der Waals surface area contributed by atoms with E-state index in [-0.39, 0.29) is 38.9 Å². The Bertz CT molecular complexity index is 2370. The van der Waals surface area contributed by atoms with E-state index in [0.29, 0.717) is 59.9 Å². The minimum atomic E-state index is -4.46. The Kier molecular flexibility index (Phi) is 14.3. The minimum Gasteiger partial charge on any atom is -0.336 e. The summed E-state index contributed by atoms with van der Waals surface area (Å²) in [5.74, 6) is -0.00583. The second-order valence-electron chi connectivity index (χ2n) is 19.6. The van der Waals surface area contributed by atoms with Gasteiger partial charge in [-0.2, -0.15) is 18.2 Å². The maximum Gasteiger partial charge on any atom is 0.415 e. The van der Waals surface area contributed by atoms with Crippen LogP contribution in [0.25, 0.3) is 11.1 Å². The molecule has 61 heavy (non-hydrogen) atoms. The number of carbonyl (C=O) groups is 1. The van der Waals surface area contributed by atoms with Crippen molar-refractivity contribution in [2.45, 2.75) is 72.8 Å². The summed E-state index contributed by atoms with van der Waals surface area (Å²) in [7, 11) is 27.5. The van der Waals surface area contributed by atoms with Gasteiger partial charge in [0.2, 0.25) is 5.91 Å². The van der Waals surface area contributed by atoms with Crippen molar-refractivity contribution in [1.29, 1.82) is 0 Å². The summed E-state index contributed by atoms with van der Waals surface area (Å²) in [6.45, 7) is 5.68. The van der Waals surface area contributed by atoms with Crippen molar-refractivity contribution >= 4 is 171 Å². The van der Waals surface area contributed by atoms with E-state index in [0.717, 1.165) is 56.2 Å². The van der Waals surface area contributed by atoms with Crippen LogP contribution in [0, 0.1) is 5.82 Å². The van der Waals surface area contributed by atoms with Gasteiger partial charge in [-0.05, 0) is 64.3 Å². The average Bonchev–Trinajstić information content (AvgIpc) is 3.64. The molecule has 1 heterocycles. The lowest BCUT2D eigenvalue weighted by atomic mass is 9.54. The van der Waals surface area contributed by atoms with E-state index in [9.17, 15) is 22.4 Å². The fraction of sp³-hybridized carbons (Fsp3) is 0.361. The number of nitrogens with zero attached hydrogens (tertiary/aromatic N) is 4. The maximum atomic E-state index is 15.6. The highest BCUT2D eigenvalue weighted by Crippen LogP contribution is 2.32. The molecule has 1 aliphatic rings. The molecule has 3 aromatic carbocycles. The predicted octanol–water partition coefficient (Wildman–Crippen LogP) is -13.0. The van der Waals surface area contributed by atoms with Crippen molar-refractivity contribution in [3.63, 3.8) is 0 Å². The molecule has 6 nitrogen and oxygen atoms in total. The molecule has 1 aliphatic carbocycles. The number of hydrogen-bond acceptors (Lipinski definition) is 5. The fourth-order valence-electron chi connectivity index (χ4n) is 9.87. The van der Waals surface area contributed by atoms with E-state index >= 15 is 4.79 Å². The van der Waals surface area contributed by atoms with Crippen LogP contribution in [-0.4, -0.2) is 159 Å². The van der Waals surface area contributed by atoms with Crippen LogP contribution in [0.2, 0.25) is 0 Å². The third-order valence-corrected chi connectivity index (χ3v) is 14.3. The molecule has 0 bridgehead atoms. The van der Waals surface area contributed by atoms with E-state index in [4.69, 9.17) is 0 Å². The number of fused-ring (bicyclic) bond motifs is 1. The first-order chi connectivity index (χ1) is 28.0. The Balaban J connectivity index is 1.67. The van der Waals surface area contributed by atoms with Gasteiger partial charge < -0.3 is 14.4 Å². The van der Waals surface area contributed by atoms with Gasteiger partial charge in [-0.3, -0.25) is 9.59 Å². The number of carbonyl (C=O) groups excluding carboxylic acids is 1. The molecule has 5 rings (SSSR count). The average molecular weight is 832 g/mol. The molecule has 0 saturated heterocycles. The van der Waals surface area contributed by atoms with E-state index in [1.165, 1.54) is 23.9 Å². The molecule has 1 aromatic heterocycles. The van der Waals surface area contributed by atoms with Crippen LogP contribution in [0.4, 0.5) is 17.6 Å². The number of halogens is 4. The van der Waals surface area contributed by atoms with Crippen LogP contribution in [0.3, 0.4) is 0 Å². The maximum absolute atomic E-state index is 15.6. The summed E-state index contributed by atoms with van der Waals surface area (Å²) in [6.07, 6.45) is -2.42. The van der Waals surface area contributed by atoms with Gasteiger partial charge in [0.05, 0.1) is 5.34 Å². The third kappa shape index (κ3) is 9.73. The number of thioether (sulfide) groups is 1. The number of aromatic nitrogens is 2. The molecular formula is C36H52B14F4N4O2S. The zero-order valence-corrected chi connectivity index (χ0v) is 40.1. The zero-order chi connectivity index (χ0) is 45.9. The van der Waals surface area contributed by atoms with Gasteiger partial charge in [0.1, 0.15) is 116 Å². The zero-order valence-electron chi connectivity index (χ0n) is 39.3. The number of hydrogen-bond donors (Lipinski definition) is 0. The lowest BCUT2D eigenvalue weighted by molar-refractivity contribution is -0.136. The molecule has 4 aromatic rings. The first-order valence-electron chi connectivity index (χ1n) is 21.4. The Morgan fingerprint density at radius 2 is 1.25 bits per heavy atom. The van der Waals surface area contributed by atoms with Crippen molar-refractivity contribution in [2.24, 2.45) is 0 Å².